The van der Waals surface area contributed by atoms with E-state index in [0.717, 1.165) is 45.3 Å². The first-order valence-electron chi connectivity index (χ1n) is 9.95. The molecule has 0 unspecified atom stereocenters. The number of aromatic nitrogens is 4. The van der Waals surface area contributed by atoms with E-state index in [1.54, 1.807) is 13.2 Å². The van der Waals surface area contributed by atoms with Crippen LogP contribution >= 0.6 is 0 Å². The molecule has 0 aliphatic carbocycles. The summed E-state index contributed by atoms with van der Waals surface area (Å²) in [7, 11) is 1.77. The molecule has 5 aromatic rings. The van der Waals surface area contributed by atoms with Crippen molar-refractivity contribution in [1.82, 2.24) is 19.9 Å². The number of hydrogen-bond donors (Lipinski definition) is 2. The monoisotopic (exact) mass is 433 g/mol. The molecule has 0 aliphatic heterocycles. The molecule has 0 fully saturated rings. The van der Waals surface area contributed by atoms with Crippen LogP contribution in [0.3, 0.4) is 0 Å². The van der Waals surface area contributed by atoms with E-state index in [4.69, 9.17) is 0 Å². The number of H-pyrrole nitrogens is 1. The van der Waals surface area contributed by atoms with E-state index < -0.39 is 11.7 Å². The molecule has 32 heavy (non-hydrogen) atoms. The van der Waals surface area contributed by atoms with Gasteiger partial charge in [-0.3, -0.25) is 0 Å². The van der Waals surface area contributed by atoms with Gasteiger partial charge < -0.3 is 10.3 Å². The van der Waals surface area contributed by atoms with Crippen LogP contribution in [0.2, 0.25) is 0 Å². The molecule has 5 rings (SSSR count). The number of aromatic amines is 1. The Bertz CT molecular complexity index is 1470. The highest BCUT2D eigenvalue weighted by atomic mass is 19.4. The Labute approximate surface area is 181 Å². The molecule has 2 heterocycles. The highest BCUT2D eigenvalue weighted by Gasteiger charge is 2.30. The molecule has 0 bridgehead atoms. The predicted octanol–water partition coefficient (Wildman–Crippen LogP) is 6.21. The van der Waals surface area contributed by atoms with Crippen molar-refractivity contribution in [3.8, 4) is 22.5 Å². The van der Waals surface area contributed by atoms with Crippen molar-refractivity contribution < 1.29 is 13.2 Å². The van der Waals surface area contributed by atoms with Crippen molar-refractivity contribution in [2.75, 3.05) is 12.4 Å². The van der Waals surface area contributed by atoms with E-state index in [0.29, 0.717) is 22.8 Å². The van der Waals surface area contributed by atoms with Crippen LogP contribution in [0, 0.1) is 6.92 Å². The number of hydrogen-bond acceptors (Lipinski definition) is 4. The highest BCUT2D eigenvalue weighted by Crippen LogP contribution is 2.33. The highest BCUT2D eigenvalue weighted by molar-refractivity contribution is 5.87. The summed E-state index contributed by atoms with van der Waals surface area (Å²) in [6.07, 6.45) is -2.63. The van der Waals surface area contributed by atoms with Gasteiger partial charge in [0.2, 0.25) is 5.95 Å². The maximum atomic E-state index is 13.0. The molecule has 0 radical (unpaired) electrons. The van der Waals surface area contributed by atoms with Crippen LogP contribution in [0.1, 0.15) is 11.1 Å². The van der Waals surface area contributed by atoms with Gasteiger partial charge in [-0.1, -0.05) is 18.2 Å². The zero-order valence-electron chi connectivity index (χ0n) is 17.2. The quantitative estimate of drug-likeness (QED) is 0.355. The summed E-state index contributed by atoms with van der Waals surface area (Å²) in [5.74, 6) is 1.07. The SMILES string of the molecule is CNc1ncc2cc(-c3cc(-c4nc5ccc(C(F)(F)F)cc5[nH]4)ccc3C)ccc2n1. The average molecular weight is 433 g/mol. The number of nitrogens with zero attached hydrogens (tertiary/aromatic N) is 3. The predicted molar refractivity (Wildman–Crippen MR) is 119 cm³/mol. The van der Waals surface area contributed by atoms with E-state index >= 15 is 0 Å². The van der Waals surface area contributed by atoms with Crippen molar-refractivity contribution in [2.45, 2.75) is 13.1 Å². The summed E-state index contributed by atoms with van der Waals surface area (Å²) >= 11 is 0. The first-order chi connectivity index (χ1) is 15.3. The Balaban J connectivity index is 1.57. The average Bonchev–Trinajstić information content (AvgIpc) is 3.21. The fourth-order valence-corrected chi connectivity index (χ4v) is 3.72. The Morgan fingerprint density at radius 1 is 0.875 bits per heavy atom. The summed E-state index contributed by atoms with van der Waals surface area (Å²) in [6.45, 7) is 2.01. The molecule has 0 amide bonds. The number of rotatable bonds is 3. The number of aryl methyl sites for hydroxylation is 1. The molecule has 8 heteroatoms. The number of halogens is 3. The van der Waals surface area contributed by atoms with Crippen molar-refractivity contribution in [1.29, 1.82) is 0 Å². The van der Waals surface area contributed by atoms with Gasteiger partial charge in [-0.2, -0.15) is 13.2 Å². The largest absolute Gasteiger partial charge is 0.416 e. The summed E-state index contributed by atoms with van der Waals surface area (Å²) in [5, 5.41) is 3.84. The number of nitrogens with one attached hydrogen (secondary N) is 2. The number of benzene rings is 3. The third-order valence-corrected chi connectivity index (χ3v) is 5.43. The minimum atomic E-state index is -4.40. The third-order valence-electron chi connectivity index (χ3n) is 5.43. The van der Waals surface area contributed by atoms with Crippen LogP contribution in [0.5, 0.6) is 0 Å². The van der Waals surface area contributed by atoms with Crippen LogP contribution in [0.4, 0.5) is 19.1 Å². The van der Waals surface area contributed by atoms with Crippen LogP contribution in [0.15, 0.2) is 60.8 Å². The summed E-state index contributed by atoms with van der Waals surface area (Å²) in [4.78, 5) is 16.2. The van der Waals surface area contributed by atoms with Gasteiger partial charge in [0, 0.05) is 24.2 Å². The van der Waals surface area contributed by atoms with Crippen LogP contribution in [-0.2, 0) is 6.18 Å². The molecule has 3 aromatic carbocycles. The first-order valence-corrected chi connectivity index (χ1v) is 9.95. The van der Waals surface area contributed by atoms with E-state index in [2.05, 4.69) is 25.3 Å². The fourth-order valence-electron chi connectivity index (χ4n) is 3.72. The number of anilines is 1. The summed E-state index contributed by atoms with van der Waals surface area (Å²) < 4.78 is 39.1. The van der Waals surface area contributed by atoms with Crippen molar-refractivity contribution in [3.05, 3.63) is 71.9 Å². The van der Waals surface area contributed by atoms with E-state index in [1.165, 1.54) is 6.07 Å². The minimum Gasteiger partial charge on any atom is -0.357 e. The standard InChI is InChI=1S/C24H18F3N5/c1-13-3-4-15(22-30-20-8-6-17(24(25,26)27)11-21(20)31-22)10-18(13)14-5-7-19-16(9-14)12-29-23(28-2)32-19/h3-12H,1-2H3,(H,30,31)(H,28,29,32). The molecule has 160 valence electrons. The molecule has 2 aromatic heterocycles. The van der Waals surface area contributed by atoms with E-state index in [-0.39, 0.29) is 0 Å². The molecule has 5 nitrogen and oxygen atoms in total. The second-order valence-electron chi connectivity index (χ2n) is 7.56. The van der Waals surface area contributed by atoms with Crippen LogP contribution in [-0.4, -0.2) is 27.0 Å². The second-order valence-corrected chi connectivity index (χ2v) is 7.56. The van der Waals surface area contributed by atoms with Gasteiger partial charge in [-0.05, 0) is 60.0 Å². The molecule has 0 saturated carbocycles. The van der Waals surface area contributed by atoms with Crippen molar-refractivity contribution in [2.24, 2.45) is 0 Å². The molecule has 0 saturated heterocycles. The summed E-state index contributed by atoms with van der Waals surface area (Å²) in [5.41, 5.74) is 4.81. The van der Waals surface area contributed by atoms with Gasteiger partial charge >= 0.3 is 6.18 Å². The maximum Gasteiger partial charge on any atom is 0.416 e. The lowest BCUT2D eigenvalue weighted by Gasteiger charge is -2.10. The molecule has 0 aliphatic rings. The van der Waals surface area contributed by atoms with Crippen molar-refractivity contribution in [3.63, 3.8) is 0 Å². The second kappa shape index (κ2) is 7.33. The van der Waals surface area contributed by atoms with Crippen LogP contribution in [0.25, 0.3) is 44.5 Å². The van der Waals surface area contributed by atoms with Gasteiger partial charge in [0.15, 0.2) is 0 Å². The molecular weight excluding hydrogens is 415 g/mol. The Kier molecular flexibility index (Phi) is 4.58. The molecular formula is C24H18F3N5. The first kappa shape index (κ1) is 20.0. The third kappa shape index (κ3) is 3.53. The Morgan fingerprint density at radius 2 is 1.66 bits per heavy atom. The Hall–Kier alpha value is -3.94. The maximum absolute atomic E-state index is 13.0. The number of alkyl halides is 3. The molecule has 0 atom stereocenters. The lowest BCUT2D eigenvalue weighted by Crippen LogP contribution is -2.04. The zero-order chi connectivity index (χ0) is 22.5. The lowest BCUT2D eigenvalue weighted by atomic mass is 9.97. The van der Waals surface area contributed by atoms with E-state index in [1.807, 2.05) is 43.3 Å². The normalized spacial score (nSPS) is 11.9. The van der Waals surface area contributed by atoms with Gasteiger partial charge in [-0.15, -0.1) is 0 Å². The van der Waals surface area contributed by atoms with Gasteiger partial charge in [0.25, 0.3) is 0 Å². The van der Waals surface area contributed by atoms with Crippen molar-refractivity contribution >= 4 is 27.9 Å². The number of fused-ring (bicyclic) bond motifs is 2. The van der Waals surface area contributed by atoms with Gasteiger partial charge in [0.05, 0.1) is 22.1 Å². The van der Waals surface area contributed by atoms with E-state index in [9.17, 15) is 13.2 Å². The van der Waals surface area contributed by atoms with Gasteiger partial charge in [-0.25, -0.2) is 15.0 Å². The van der Waals surface area contributed by atoms with Gasteiger partial charge in [0.1, 0.15) is 5.82 Å². The molecule has 2 N–H and O–H groups in total. The minimum absolute atomic E-state index is 0.347. The molecule has 0 spiro atoms. The smallest absolute Gasteiger partial charge is 0.357 e. The lowest BCUT2D eigenvalue weighted by molar-refractivity contribution is -0.137. The topological polar surface area (TPSA) is 66.5 Å². The summed E-state index contributed by atoms with van der Waals surface area (Å²) in [6, 6.07) is 15.4. The zero-order valence-corrected chi connectivity index (χ0v) is 17.2. The number of imidazole rings is 1. The fraction of sp³-hybridized carbons (Fsp3) is 0.125. The Morgan fingerprint density at radius 3 is 2.44 bits per heavy atom. The van der Waals surface area contributed by atoms with Crippen LogP contribution < -0.4 is 5.32 Å².